The molecule has 0 saturated carbocycles. The van der Waals surface area contributed by atoms with Crippen molar-refractivity contribution in [1.82, 2.24) is 4.90 Å². The van der Waals surface area contributed by atoms with Crippen LogP contribution in [0.15, 0.2) is 18.2 Å². The Kier molecular flexibility index (Phi) is 6.49. The van der Waals surface area contributed by atoms with Crippen LogP contribution >= 0.6 is 11.6 Å². The summed E-state index contributed by atoms with van der Waals surface area (Å²) >= 11 is 6.38. The highest BCUT2D eigenvalue weighted by Gasteiger charge is 2.22. The number of piperazine rings is 1. The Morgan fingerprint density at radius 3 is 2.42 bits per heavy atom. The minimum absolute atomic E-state index is 0.0314. The maximum Gasteiger partial charge on any atom is 0.224 e. The van der Waals surface area contributed by atoms with Crippen molar-refractivity contribution in [2.45, 2.75) is 33.6 Å². The maximum absolute atomic E-state index is 12.1. The lowest BCUT2D eigenvalue weighted by atomic mass is 10.1. The zero-order valence-corrected chi connectivity index (χ0v) is 15.4. The number of halogens is 1. The van der Waals surface area contributed by atoms with Gasteiger partial charge in [-0.2, -0.15) is 0 Å². The van der Waals surface area contributed by atoms with Gasteiger partial charge in [-0.1, -0.05) is 32.4 Å². The summed E-state index contributed by atoms with van der Waals surface area (Å²) in [6, 6.07) is 5.57. The molecule has 0 aliphatic carbocycles. The monoisotopic (exact) mass is 351 g/mol. The van der Waals surface area contributed by atoms with Gasteiger partial charge >= 0.3 is 0 Å². The van der Waals surface area contributed by atoms with Crippen molar-refractivity contribution < 1.29 is 9.59 Å². The Labute approximate surface area is 149 Å². The fraction of sp³-hybridized carbons (Fsp3) is 0.556. The molecule has 1 aliphatic rings. The van der Waals surface area contributed by atoms with Crippen molar-refractivity contribution >= 4 is 34.8 Å². The summed E-state index contributed by atoms with van der Waals surface area (Å²) in [5.74, 6) is 0.584. The lowest BCUT2D eigenvalue weighted by Crippen LogP contribution is -2.49. The normalized spacial score (nSPS) is 14.9. The average Bonchev–Trinajstić information content (AvgIpc) is 2.54. The van der Waals surface area contributed by atoms with Crippen LogP contribution in [0.3, 0.4) is 0 Å². The number of hydrogen-bond acceptors (Lipinski definition) is 3. The van der Waals surface area contributed by atoms with E-state index in [1.54, 1.807) is 6.07 Å². The van der Waals surface area contributed by atoms with E-state index in [9.17, 15) is 9.59 Å². The molecule has 0 bridgehead atoms. The Bertz CT molecular complexity index is 596. The quantitative estimate of drug-likeness (QED) is 0.884. The smallest absolute Gasteiger partial charge is 0.224 e. The highest BCUT2D eigenvalue weighted by atomic mass is 35.5. The number of rotatable bonds is 5. The molecule has 0 unspecified atom stereocenters. The van der Waals surface area contributed by atoms with Crippen LogP contribution in [0.1, 0.15) is 33.6 Å². The van der Waals surface area contributed by atoms with E-state index in [1.807, 2.05) is 24.0 Å². The van der Waals surface area contributed by atoms with Gasteiger partial charge < -0.3 is 15.1 Å². The number of nitrogens with one attached hydrogen (secondary N) is 1. The summed E-state index contributed by atoms with van der Waals surface area (Å²) < 4.78 is 0. The van der Waals surface area contributed by atoms with Gasteiger partial charge in [0.1, 0.15) is 0 Å². The average molecular weight is 352 g/mol. The zero-order chi connectivity index (χ0) is 17.7. The van der Waals surface area contributed by atoms with E-state index in [1.165, 1.54) is 0 Å². The minimum Gasteiger partial charge on any atom is -0.367 e. The fourth-order valence-electron chi connectivity index (χ4n) is 2.77. The lowest BCUT2D eigenvalue weighted by Gasteiger charge is -2.36. The molecule has 6 heteroatoms. The molecule has 0 aromatic heterocycles. The molecule has 1 fully saturated rings. The molecule has 1 N–H and O–H groups in total. The predicted octanol–water partition coefficient (Wildman–Crippen LogP) is 3.38. The number of carbonyl (C=O) groups excluding carboxylic acids is 2. The number of benzene rings is 1. The van der Waals surface area contributed by atoms with E-state index in [0.29, 0.717) is 29.5 Å². The van der Waals surface area contributed by atoms with E-state index in [4.69, 9.17) is 11.6 Å². The molecule has 1 aromatic carbocycles. The molecule has 2 rings (SSSR count). The Balaban J connectivity index is 1.96. The van der Waals surface area contributed by atoms with Crippen LogP contribution in [0.2, 0.25) is 5.02 Å². The van der Waals surface area contributed by atoms with Gasteiger partial charge in [0.2, 0.25) is 11.8 Å². The third-order valence-electron chi connectivity index (χ3n) is 4.11. The predicted molar refractivity (Wildman–Crippen MR) is 98.6 cm³/mol. The highest BCUT2D eigenvalue weighted by molar-refractivity contribution is 6.33. The largest absolute Gasteiger partial charge is 0.367 e. The molecule has 2 amide bonds. The molecule has 0 radical (unpaired) electrons. The second kappa shape index (κ2) is 8.38. The first kappa shape index (κ1) is 18.6. The van der Waals surface area contributed by atoms with Crippen molar-refractivity contribution in [3.05, 3.63) is 23.2 Å². The Morgan fingerprint density at radius 2 is 1.88 bits per heavy atom. The topological polar surface area (TPSA) is 52.7 Å². The molecule has 0 atom stereocenters. The molecule has 1 saturated heterocycles. The second-order valence-electron chi connectivity index (χ2n) is 6.53. The van der Waals surface area contributed by atoms with Crippen LogP contribution in [0.25, 0.3) is 0 Å². The van der Waals surface area contributed by atoms with Crippen LogP contribution in [-0.4, -0.2) is 42.9 Å². The third-order valence-corrected chi connectivity index (χ3v) is 4.41. The third kappa shape index (κ3) is 4.87. The number of nitrogens with zero attached hydrogens (tertiary/aromatic N) is 2. The molecular formula is C18H26ClN3O2. The van der Waals surface area contributed by atoms with Crippen LogP contribution in [-0.2, 0) is 9.59 Å². The number of hydrogen-bond donors (Lipinski definition) is 1. The van der Waals surface area contributed by atoms with E-state index in [2.05, 4.69) is 24.1 Å². The molecule has 1 heterocycles. The van der Waals surface area contributed by atoms with Crippen molar-refractivity contribution in [1.29, 1.82) is 0 Å². The van der Waals surface area contributed by atoms with Crippen LogP contribution in [0.5, 0.6) is 0 Å². The number of anilines is 2. The van der Waals surface area contributed by atoms with Crippen LogP contribution in [0, 0.1) is 5.92 Å². The zero-order valence-electron chi connectivity index (χ0n) is 14.6. The van der Waals surface area contributed by atoms with E-state index < -0.39 is 0 Å². The van der Waals surface area contributed by atoms with Gasteiger partial charge in [-0.15, -0.1) is 0 Å². The van der Waals surface area contributed by atoms with Gasteiger partial charge in [0.05, 0.1) is 10.7 Å². The standard InChI is InChI=1S/C18H26ClN3O2/c1-4-17(23)20-14-5-6-16(15(19)12-14)21-7-9-22(10-8-21)18(24)11-13(2)3/h5-6,12-13H,4,7-11H2,1-3H3,(H,20,23). The Morgan fingerprint density at radius 1 is 1.21 bits per heavy atom. The molecular weight excluding hydrogens is 326 g/mol. The first-order valence-corrected chi connectivity index (χ1v) is 8.90. The van der Waals surface area contributed by atoms with Gasteiger partial charge in [0.25, 0.3) is 0 Å². The molecule has 24 heavy (non-hydrogen) atoms. The summed E-state index contributed by atoms with van der Waals surface area (Å²) in [7, 11) is 0. The first-order chi connectivity index (χ1) is 11.4. The van der Waals surface area contributed by atoms with Gasteiger partial charge in [-0.3, -0.25) is 9.59 Å². The fourth-order valence-corrected chi connectivity index (χ4v) is 3.07. The SMILES string of the molecule is CCC(=O)Nc1ccc(N2CCN(C(=O)CC(C)C)CC2)c(Cl)c1. The Hall–Kier alpha value is -1.75. The molecule has 1 aromatic rings. The molecule has 5 nitrogen and oxygen atoms in total. The maximum atomic E-state index is 12.1. The van der Waals surface area contributed by atoms with Gasteiger partial charge in [-0.05, 0) is 24.1 Å². The van der Waals surface area contributed by atoms with E-state index in [0.717, 1.165) is 31.9 Å². The van der Waals surface area contributed by atoms with Crippen LogP contribution < -0.4 is 10.2 Å². The molecule has 132 valence electrons. The van der Waals surface area contributed by atoms with Crippen molar-refractivity contribution in [3.8, 4) is 0 Å². The van der Waals surface area contributed by atoms with E-state index >= 15 is 0 Å². The van der Waals surface area contributed by atoms with Gasteiger partial charge in [0.15, 0.2) is 0 Å². The number of carbonyl (C=O) groups is 2. The van der Waals surface area contributed by atoms with E-state index in [-0.39, 0.29) is 11.8 Å². The first-order valence-electron chi connectivity index (χ1n) is 8.52. The van der Waals surface area contributed by atoms with Crippen molar-refractivity contribution in [2.75, 3.05) is 36.4 Å². The minimum atomic E-state index is -0.0314. The molecule has 0 spiro atoms. The summed E-state index contributed by atoms with van der Waals surface area (Å²) in [4.78, 5) is 27.7. The van der Waals surface area contributed by atoms with Crippen molar-refractivity contribution in [2.24, 2.45) is 5.92 Å². The summed E-state index contributed by atoms with van der Waals surface area (Å²) in [6.07, 6.45) is 1.04. The van der Waals surface area contributed by atoms with Gasteiger partial charge in [0, 0.05) is 44.7 Å². The summed E-state index contributed by atoms with van der Waals surface area (Å²) in [5, 5.41) is 3.42. The second-order valence-corrected chi connectivity index (χ2v) is 6.94. The molecule has 1 aliphatic heterocycles. The summed E-state index contributed by atoms with van der Waals surface area (Å²) in [6.45, 7) is 8.91. The van der Waals surface area contributed by atoms with Crippen LogP contribution in [0.4, 0.5) is 11.4 Å². The van der Waals surface area contributed by atoms with Crippen molar-refractivity contribution in [3.63, 3.8) is 0 Å². The summed E-state index contributed by atoms with van der Waals surface area (Å²) in [5.41, 5.74) is 1.66. The lowest BCUT2D eigenvalue weighted by molar-refractivity contribution is -0.132. The van der Waals surface area contributed by atoms with Gasteiger partial charge in [-0.25, -0.2) is 0 Å². The highest BCUT2D eigenvalue weighted by Crippen LogP contribution is 2.29. The number of amides is 2.